The van der Waals surface area contributed by atoms with E-state index in [-0.39, 0.29) is 5.54 Å². The van der Waals surface area contributed by atoms with Gasteiger partial charge in [-0.2, -0.15) is 0 Å². The number of hydrogen-bond acceptors (Lipinski definition) is 1. The van der Waals surface area contributed by atoms with E-state index < -0.39 is 0 Å². The fourth-order valence-corrected chi connectivity index (χ4v) is 2.44. The van der Waals surface area contributed by atoms with E-state index in [2.05, 4.69) is 20.4 Å². The molecule has 2 N–H and O–H groups in total. The van der Waals surface area contributed by atoms with Crippen LogP contribution in [0.4, 0.5) is 0 Å². The lowest BCUT2D eigenvalue weighted by molar-refractivity contribution is 0.228. The van der Waals surface area contributed by atoms with Crippen LogP contribution in [-0.2, 0) is 0 Å². The van der Waals surface area contributed by atoms with Gasteiger partial charge in [0, 0.05) is 5.54 Å². The largest absolute Gasteiger partial charge is 0.325 e. The highest BCUT2D eigenvalue weighted by atomic mass is 14.7. The van der Waals surface area contributed by atoms with Crippen LogP contribution < -0.4 is 5.73 Å². The molecule has 0 aromatic rings. The minimum Gasteiger partial charge on any atom is -0.325 e. The van der Waals surface area contributed by atoms with Crippen LogP contribution in [0.25, 0.3) is 0 Å². The van der Waals surface area contributed by atoms with E-state index in [1.54, 1.807) is 0 Å². The summed E-state index contributed by atoms with van der Waals surface area (Å²) in [7, 11) is 0. The Labute approximate surface area is 82.4 Å². The second-order valence-electron chi connectivity index (χ2n) is 4.85. The fourth-order valence-electron chi connectivity index (χ4n) is 2.44. The van der Waals surface area contributed by atoms with Gasteiger partial charge in [0.2, 0.25) is 0 Å². The number of nitrogens with two attached hydrogens (primary N) is 1. The van der Waals surface area contributed by atoms with E-state index in [1.807, 2.05) is 0 Å². The Bertz CT molecular complexity index is 176. The summed E-state index contributed by atoms with van der Waals surface area (Å²) >= 11 is 0. The summed E-state index contributed by atoms with van der Waals surface area (Å²) in [6.45, 7) is 8.32. The van der Waals surface area contributed by atoms with E-state index in [1.165, 1.54) is 37.7 Å². The molecule has 1 aliphatic rings. The first kappa shape index (κ1) is 10.8. The van der Waals surface area contributed by atoms with Crippen LogP contribution in [0.5, 0.6) is 0 Å². The summed E-state index contributed by atoms with van der Waals surface area (Å²) in [6.07, 6.45) is 7.36. The van der Waals surface area contributed by atoms with E-state index in [0.29, 0.717) is 0 Å². The van der Waals surface area contributed by atoms with Crippen molar-refractivity contribution in [2.24, 2.45) is 11.7 Å². The molecule has 1 saturated carbocycles. The predicted molar refractivity (Wildman–Crippen MR) is 58.6 cm³/mol. The SMILES string of the molecule is C=C(C)CC1(N)CCC(CC)CC1. The van der Waals surface area contributed by atoms with E-state index in [4.69, 9.17) is 5.73 Å². The molecule has 0 unspecified atom stereocenters. The van der Waals surface area contributed by atoms with Crippen LogP contribution in [0.2, 0.25) is 0 Å². The molecule has 0 saturated heterocycles. The first-order valence-corrected chi connectivity index (χ1v) is 5.49. The van der Waals surface area contributed by atoms with E-state index >= 15 is 0 Å². The van der Waals surface area contributed by atoms with Crippen LogP contribution in [0.3, 0.4) is 0 Å². The van der Waals surface area contributed by atoms with Gasteiger partial charge in [-0.15, -0.1) is 6.58 Å². The topological polar surface area (TPSA) is 26.0 Å². The molecule has 1 nitrogen and oxygen atoms in total. The van der Waals surface area contributed by atoms with Gasteiger partial charge in [0.25, 0.3) is 0 Å². The van der Waals surface area contributed by atoms with Crippen LogP contribution in [-0.4, -0.2) is 5.54 Å². The van der Waals surface area contributed by atoms with Crippen LogP contribution >= 0.6 is 0 Å². The summed E-state index contributed by atoms with van der Waals surface area (Å²) < 4.78 is 0. The van der Waals surface area contributed by atoms with Gasteiger partial charge in [-0.25, -0.2) is 0 Å². The summed E-state index contributed by atoms with van der Waals surface area (Å²) in [5.74, 6) is 0.932. The number of hydrogen-bond donors (Lipinski definition) is 1. The van der Waals surface area contributed by atoms with Crippen molar-refractivity contribution >= 4 is 0 Å². The monoisotopic (exact) mass is 181 g/mol. The van der Waals surface area contributed by atoms with E-state index in [9.17, 15) is 0 Å². The molecule has 0 heterocycles. The van der Waals surface area contributed by atoms with Crippen molar-refractivity contribution in [1.82, 2.24) is 0 Å². The van der Waals surface area contributed by atoms with Gasteiger partial charge < -0.3 is 5.73 Å². The molecule has 1 aliphatic carbocycles. The van der Waals surface area contributed by atoms with Gasteiger partial charge in [-0.05, 0) is 44.9 Å². The molecule has 1 fully saturated rings. The lowest BCUT2D eigenvalue weighted by Crippen LogP contribution is -2.43. The van der Waals surface area contributed by atoms with Gasteiger partial charge in [0.05, 0.1) is 0 Å². The van der Waals surface area contributed by atoms with Gasteiger partial charge in [-0.3, -0.25) is 0 Å². The molecule has 76 valence electrons. The van der Waals surface area contributed by atoms with Crippen molar-refractivity contribution in [1.29, 1.82) is 0 Å². The van der Waals surface area contributed by atoms with Gasteiger partial charge in [0.1, 0.15) is 0 Å². The van der Waals surface area contributed by atoms with Crippen molar-refractivity contribution in [3.8, 4) is 0 Å². The summed E-state index contributed by atoms with van der Waals surface area (Å²) in [5, 5.41) is 0. The normalized spacial score (nSPS) is 34.5. The molecule has 0 bridgehead atoms. The van der Waals surface area contributed by atoms with Gasteiger partial charge >= 0.3 is 0 Å². The Balaban J connectivity index is 2.41. The Morgan fingerprint density at radius 3 is 2.38 bits per heavy atom. The Morgan fingerprint density at radius 1 is 1.46 bits per heavy atom. The highest BCUT2D eigenvalue weighted by Crippen LogP contribution is 2.35. The van der Waals surface area contributed by atoms with Gasteiger partial charge in [-0.1, -0.05) is 18.9 Å². The molecule has 0 amide bonds. The minimum absolute atomic E-state index is 0.0809. The molecule has 13 heavy (non-hydrogen) atoms. The molecule has 0 spiro atoms. The molecule has 0 radical (unpaired) electrons. The molecule has 1 rings (SSSR count). The number of rotatable bonds is 3. The lowest BCUT2D eigenvalue weighted by atomic mass is 9.73. The van der Waals surface area contributed by atoms with Crippen molar-refractivity contribution in [2.75, 3.05) is 0 Å². The van der Waals surface area contributed by atoms with Crippen molar-refractivity contribution in [2.45, 2.75) is 57.9 Å². The molecular formula is C12H23N. The highest BCUT2D eigenvalue weighted by Gasteiger charge is 2.30. The molecule has 0 atom stereocenters. The quantitative estimate of drug-likeness (QED) is 0.664. The lowest BCUT2D eigenvalue weighted by Gasteiger charge is -2.37. The zero-order chi connectivity index (χ0) is 9.90. The fraction of sp³-hybridized carbons (Fsp3) is 0.833. The second kappa shape index (κ2) is 4.28. The van der Waals surface area contributed by atoms with Crippen molar-refractivity contribution in [3.05, 3.63) is 12.2 Å². The second-order valence-corrected chi connectivity index (χ2v) is 4.85. The summed E-state index contributed by atoms with van der Waals surface area (Å²) in [6, 6.07) is 0. The zero-order valence-electron chi connectivity index (χ0n) is 9.10. The van der Waals surface area contributed by atoms with Crippen LogP contribution in [0.15, 0.2) is 12.2 Å². The molecule has 0 aromatic heterocycles. The zero-order valence-corrected chi connectivity index (χ0v) is 9.10. The smallest absolute Gasteiger partial charge is 0.0191 e. The Kier molecular flexibility index (Phi) is 3.55. The maximum Gasteiger partial charge on any atom is 0.0191 e. The predicted octanol–water partition coefficient (Wildman–Crippen LogP) is 3.25. The average molecular weight is 181 g/mol. The Hall–Kier alpha value is -0.300. The summed E-state index contributed by atoms with van der Waals surface area (Å²) in [5.41, 5.74) is 7.63. The minimum atomic E-state index is 0.0809. The molecule has 1 heteroatoms. The standard InChI is InChI=1S/C12H23N/c1-4-11-5-7-12(13,8-6-11)9-10(2)3/h11H,2,4-9,13H2,1,3H3. The van der Waals surface area contributed by atoms with Crippen molar-refractivity contribution < 1.29 is 0 Å². The molecular weight excluding hydrogens is 158 g/mol. The van der Waals surface area contributed by atoms with Crippen molar-refractivity contribution in [3.63, 3.8) is 0 Å². The Morgan fingerprint density at radius 2 is 2.00 bits per heavy atom. The third-order valence-electron chi connectivity index (χ3n) is 3.33. The average Bonchev–Trinajstić information content (AvgIpc) is 2.04. The highest BCUT2D eigenvalue weighted by molar-refractivity contribution is 5.01. The maximum absolute atomic E-state index is 6.32. The van der Waals surface area contributed by atoms with Gasteiger partial charge in [0.15, 0.2) is 0 Å². The third kappa shape index (κ3) is 3.15. The molecule has 0 aliphatic heterocycles. The first-order valence-electron chi connectivity index (χ1n) is 5.49. The van der Waals surface area contributed by atoms with Crippen LogP contribution in [0, 0.1) is 5.92 Å². The first-order chi connectivity index (χ1) is 6.06. The van der Waals surface area contributed by atoms with E-state index in [0.717, 1.165) is 12.3 Å². The third-order valence-corrected chi connectivity index (χ3v) is 3.33. The summed E-state index contributed by atoms with van der Waals surface area (Å²) in [4.78, 5) is 0. The molecule has 0 aromatic carbocycles. The van der Waals surface area contributed by atoms with Crippen LogP contribution in [0.1, 0.15) is 52.4 Å². The maximum atomic E-state index is 6.32.